The van der Waals surface area contributed by atoms with Gasteiger partial charge in [0.15, 0.2) is 5.78 Å². The summed E-state index contributed by atoms with van der Waals surface area (Å²) < 4.78 is 5.11. The van der Waals surface area contributed by atoms with Crippen LogP contribution in [0, 0.1) is 5.92 Å². The lowest BCUT2D eigenvalue weighted by Gasteiger charge is -2.31. The second-order valence-corrected chi connectivity index (χ2v) is 6.55. The lowest BCUT2D eigenvalue weighted by atomic mass is 9.88. The number of ketones is 1. The summed E-state index contributed by atoms with van der Waals surface area (Å²) in [6.07, 6.45) is 1.18. The van der Waals surface area contributed by atoms with E-state index in [0.29, 0.717) is 42.8 Å². The van der Waals surface area contributed by atoms with Gasteiger partial charge in [0.2, 0.25) is 0 Å². The highest BCUT2D eigenvalue weighted by molar-refractivity contribution is 5.99. The molecule has 1 aliphatic rings. The zero-order valence-corrected chi connectivity index (χ0v) is 15.1. The summed E-state index contributed by atoms with van der Waals surface area (Å²) in [7, 11) is 1.58. The molecule has 1 fully saturated rings. The first kappa shape index (κ1) is 18.6. The van der Waals surface area contributed by atoms with Gasteiger partial charge in [0.25, 0.3) is 5.91 Å². The summed E-state index contributed by atoms with van der Waals surface area (Å²) in [5.74, 6) is -0.595. The van der Waals surface area contributed by atoms with Crippen LogP contribution in [0.5, 0.6) is 5.75 Å². The van der Waals surface area contributed by atoms with Crippen LogP contribution in [0.4, 0.5) is 0 Å². The van der Waals surface area contributed by atoms with Gasteiger partial charge in [0.05, 0.1) is 12.7 Å². The summed E-state index contributed by atoms with van der Waals surface area (Å²) in [5, 5.41) is 9.07. The topological polar surface area (TPSA) is 83.9 Å². The molecule has 6 nitrogen and oxygen atoms in total. The van der Waals surface area contributed by atoms with E-state index in [-0.39, 0.29) is 23.2 Å². The van der Waals surface area contributed by atoms with Gasteiger partial charge in [-0.25, -0.2) is 4.79 Å². The van der Waals surface area contributed by atoms with Crippen molar-refractivity contribution in [3.63, 3.8) is 0 Å². The van der Waals surface area contributed by atoms with Crippen molar-refractivity contribution in [3.05, 3.63) is 65.2 Å². The number of carboxylic acids is 1. The van der Waals surface area contributed by atoms with Crippen LogP contribution in [-0.4, -0.2) is 47.9 Å². The maximum atomic E-state index is 12.7. The minimum absolute atomic E-state index is 0.0811. The minimum atomic E-state index is -1.06. The van der Waals surface area contributed by atoms with Gasteiger partial charge in [-0.1, -0.05) is 6.07 Å². The number of hydrogen-bond acceptors (Lipinski definition) is 4. The molecule has 1 aliphatic heterocycles. The van der Waals surface area contributed by atoms with Crippen LogP contribution in [0.15, 0.2) is 48.5 Å². The van der Waals surface area contributed by atoms with Crippen molar-refractivity contribution in [2.45, 2.75) is 12.8 Å². The van der Waals surface area contributed by atoms with Gasteiger partial charge >= 0.3 is 5.97 Å². The Morgan fingerprint density at radius 3 is 2.19 bits per heavy atom. The molecule has 3 rings (SSSR count). The number of ether oxygens (including phenoxy) is 1. The smallest absolute Gasteiger partial charge is 0.335 e. The number of Topliss-reactive ketones (excluding diaryl/α,β-unsaturated/α-hetero) is 1. The molecule has 140 valence electrons. The number of aromatic carboxylic acids is 1. The van der Waals surface area contributed by atoms with Crippen LogP contribution in [-0.2, 0) is 0 Å². The Morgan fingerprint density at radius 1 is 0.963 bits per heavy atom. The fourth-order valence-corrected chi connectivity index (χ4v) is 3.30. The van der Waals surface area contributed by atoms with Crippen LogP contribution in [0.1, 0.15) is 43.9 Å². The highest BCUT2D eigenvalue weighted by Crippen LogP contribution is 2.24. The Kier molecular flexibility index (Phi) is 5.54. The first-order valence-electron chi connectivity index (χ1n) is 8.80. The number of carbonyl (C=O) groups excluding carboxylic acids is 2. The quantitative estimate of drug-likeness (QED) is 0.821. The standard InChI is InChI=1S/C21H21NO5/c1-27-18-7-5-14(6-8-18)19(23)15-9-11-22(12-10-15)20(24)16-3-2-4-17(13-16)21(25)26/h2-8,13,15H,9-12H2,1H3,(H,25,26). The summed E-state index contributed by atoms with van der Waals surface area (Å²) >= 11 is 0. The van der Waals surface area contributed by atoms with Crippen LogP contribution >= 0.6 is 0 Å². The van der Waals surface area contributed by atoms with Crippen LogP contribution in [0.3, 0.4) is 0 Å². The normalized spacial score (nSPS) is 14.6. The first-order chi connectivity index (χ1) is 13.0. The van der Waals surface area contributed by atoms with E-state index in [0.717, 1.165) is 0 Å². The Balaban J connectivity index is 1.62. The molecule has 0 spiro atoms. The molecule has 2 aromatic rings. The Morgan fingerprint density at radius 2 is 1.59 bits per heavy atom. The average Bonchev–Trinajstić information content (AvgIpc) is 2.73. The Labute approximate surface area is 157 Å². The summed E-state index contributed by atoms with van der Waals surface area (Å²) in [4.78, 5) is 38.0. The average molecular weight is 367 g/mol. The molecule has 0 atom stereocenters. The minimum Gasteiger partial charge on any atom is -0.497 e. The monoisotopic (exact) mass is 367 g/mol. The van der Waals surface area contributed by atoms with E-state index in [2.05, 4.69) is 0 Å². The third-order valence-electron chi connectivity index (χ3n) is 4.88. The SMILES string of the molecule is COc1ccc(C(=O)C2CCN(C(=O)c3cccc(C(=O)O)c3)CC2)cc1. The number of benzene rings is 2. The molecule has 0 saturated carbocycles. The molecule has 0 unspecified atom stereocenters. The fourth-order valence-electron chi connectivity index (χ4n) is 3.30. The van der Waals surface area contributed by atoms with E-state index in [9.17, 15) is 14.4 Å². The second-order valence-electron chi connectivity index (χ2n) is 6.55. The third-order valence-corrected chi connectivity index (χ3v) is 4.88. The van der Waals surface area contributed by atoms with Gasteiger partial charge < -0.3 is 14.7 Å². The molecule has 1 amide bonds. The molecule has 0 bridgehead atoms. The number of amides is 1. The van der Waals surface area contributed by atoms with Gasteiger partial charge in [-0.05, 0) is 55.3 Å². The molecule has 1 N–H and O–H groups in total. The van der Waals surface area contributed by atoms with Crippen molar-refractivity contribution in [1.82, 2.24) is 4.90 Å². The van der Waals surface area contributed by atoms with Gasteiger partial charge in [-0.15, -0.1) is 0 Å². The van der Waals surface area contributed by atoms with Crippen molar-refractivity contribution in [3.8, 4) is 5.75 Å². The van der Waals surface area contributed by atoms with Crippen molar-refractivity contribution < 1.29 is 24.2 Å². The number of likely N-dealkylation sites (tertiary alicyclic amines) is 1. The maximum Gasteiger partial charge on any atom is 0.335 e. The number of hydrogen-bond donors (Lipinski definition) is 1. The van der Waals surface area contributed by atoms with E-state index >= 15 is 0 Å². The van der Waals surface area contributed by atoms with Crippen LogP contribution in [0.2, 0.25) is 0 Å². The van der Waals surface area contributed by atoms with E-state index in [1.807, 2.05) is 0 Å². The summed E-state index contributed by atoms with van der Waals surface area (Å²) in [6, 6.07) is 13.1. The number of nitrogens with zero attached hydrogens (tertiary/aromatic N) is 1. The first-order valence-corrected chi connectivity index (χ1v) is 8.80. The molecular weight excluding hydrogens is 346 g/mol. The number of carboxylic acid groups (broad SMARTS) is 1. The fraction of sp³-hybridized carbons (Fsp3) is 0.286. The molecule has 1 heterocycles. The Bertz CT molecular complexity index is 851. The van der Waals surface area contributed by atoms with Gasteiger partial charge in [-0.2, -0.15) is 0 Å². The predicted octanol–water partition coefficient (Wildman–Crippen LogP) is 3.13. The maximum absolute atomic E-state index is 12.7. The van der Waals surface area contributed by atoms with Crippen LogP contribution < -0.4 is 4.74 Å². The molecule has 2 aromatic carbocycles. The Hall–Kier alpha value is -3.15. The number of rotatable bonds is 5. The second kappa shape index (κ2) is 8.03. The molecule has 0 aliphatic carbocycles. The van der Waals surface area contributed by atoms with E-state index in [4.69, 9.17) is 9.84 Å². The molecule has 1 saturated heterocycles. The van der Waals surface area contributed by atoms with Gasteiger partial charge in [-0.3, -0.25) is 9.59 Å². The number of piperidine rings is 1. The predicted molar refractivity (Wildman–Crippen MR) is 99.4 cm³/mol. The molecule has 27 heavy (non-hydrogen) atoms. The van der Waals surface area contributed by atoms with Gasteiger partial charge in [0.1, 0.15) is 5.75 Å². The number of carbonyl (C=O) groups is 3. The largest absolute Gasteiger partial charge is 0.497 e. The zero-order valence-electron chi connectivity index (χ0n) is 15.1. The van der Waals surface area contributed by atoms with Crippen molar-refractivity contribution in [1.29, 1.82) is 0 Å². The third kappa shape index (κ3) is 4.16. The number of methoxy groups -OCH3 is 1. The van der Waals surface area contributed by atoms with Crippen molar-refractivity contribution >= 4 is 17.7 Å². The highest BCUT2D eigenvalue weighted by Gasteiger charge is 2.28. The molecular formula is C21H21NO5. The highest BCUT2D eigenvalue weighted by atomic mass is 16.5. The molecule has 6 heteroatoms. The van der Waals surface area contributed by atoms with E-state index in [1.165, 1.54) is 12.1 Å². The van der Waals surface area contributed by atoms with E-state index < -0.39 is 5.97 Å². The summed E-state index contributed by atoms with van der Waals surface area (Å²) in [5.41, 5.74) is 1.09. The zero-order chi connectivity index (χ0) is 19.4. The molecule has 0 radical (unpaired) electrons. The molecule has 0 aromatic heterocycles. The lowest BCUT2D eigenvalue weighted by molar-refractivity contribution is 0.0650. The van der Waals surface area contributed by atoms with Crippen molar-refractivity contribution in [2.75, 3.05) is 20.2 Å². The summed E-state index contributed by atoms with van der Waals surface area (Å²) in [6.45, 7) is 0.950. The lowest BCUT2D eigenvalue weighted by Crippen LogP contribution is -2.40. The van der Waals surface area contributed by atoms with Gasteiger partial charge in [0, 0.05) is 30.1 Å². The van der Waals surface area contributed by atoms with E-state index in [1.54, 1.807) is 48.4 Å². The van der Waals surface area contributed by atoms with Crippen LogP contribution in [0.25, 0.3) is 0 Å². The van der Waals surface area contributed by atoms with Crippen molar-refractivity contribution in [2.24, 2.45) is 5.92 Å².